The van der Waals surface area contributed by atoms with E-state index in [-0.39, 0.29) is 19.1 Å². The van der Waals surface area contributed by atoms with E-state index in [9.17, 15) is 14.4 Å². The summed E-state index contributed by atoms with van der Waals surface area (Å²) in [6, 6.07) is -1.63. The van der Waals surface area contributed by atoms with E-state index in [0.29, 0.717) is 13.0 Å². The monoisotopic (exact) mass is 259 g/mol. The van der Waals surface area contributed by atoms with Crippen molar-refractivity contribution in [2.24, 2.45) is 11.7 Å². The number of nitrogens with one attached hydrogen (secondary N) is 1. The molecule has 0 radical (unpaired) electrons. The number of carbonyl (C=O) groups excluding carboxylic acids is 2. The molecule has 0 bridgehead atoms. The molecule has 0 aliphatic carbocycles. The molecule has 0 aromatic rings. The highest BCUT2D eigenvalue weighted by molar-refractivity contribution is 5.84. The minimum absolute atomic E-state index is 0.117. The largest absolute Gasteiger partial charge is 0.480 e. The maximum absolute atomic E-state index is 11.7. The molecule has 1 aliphatic heterocycles. The van der Waals surface area contributed by atoms with Crippen LogP contribution < -0.4 is 11.1 Å². The van der Waals surface area contributed by atoms with E-state index in [4.69, 9.17) is 15.6 Å². The summed E-state index contributed by atoms with van der Waals surface area (Å²) in [4.78, 5) is 34.9. The molecule has 0 saturated carbocycles. The molecular weight excluding hydrogens is 242 g/mol. The Labute approximate surface area is 104 Å². The second kappa shape index (κ2) is 6.20. The second-order valence-corrected chi connectivity index (χ2v) is 4.13. The Kier molecular flexibility index (Phi) is 4.90. The van der Waals surface area contributed by atoms with Crippen LogP contribution in [0.5, 0.6) is 0 Å². The molecule has 3 amide bonds. The summed E-state index contributed by atoms with van der Waals surface area (Å²) in [6.07, 6.45) is 0.505. The summed E-state index contributed by atoms with van der Waals surface area (Å²) in [5.41, 5.74) is 5.15. The number of hydrogen-bond acceptors (Lipinski definition) is 4. The number of rotatable bonds is 5. The summed E-state index contributed by atoms with van der Waals surface area (Å²) >= 11 is 0. The van der Waals surface area contributed by atoms with Gasteiger partial charge in [0.25, 0.3) is 0 Å². The molecule has 8 nitrogen and oxygen atoms in total. The number of carbonyl (C=O) groups is 3. The van der Waals surface area contributed by atoms with Crippen LogP contribution in [0.1, 0.15) is 6.42 Å². The van der Waals surface area contributed by atoms with Crippen LogP contribution >= 0.6 is 0 Å². The zero-order valence-electron chi connectivity index (χ0n) is 10.1. The fraction of sp³-hybridized carbons (Fsp3) is 0.700. The number of carboxylic acid groups (broad SMARTS) is 1. The van der Waals surface area contributed by atoms with Gasteiger partial charge in [-0.3, -0.25) is 4.79 Å². The molecule has 1 fully saturated rings. The maximum atomic E-state index is 11.7. The van der Waals surface area contributed by atoms with Crippen molar-refractivity contribution in [3.63, 3.8) is 0 Å². The molecule has 0 aromatic carbocycles. The SMILES string of the molecule is COCC(NC(=O)N1CCC(C(N)=O)C1)C(=O)O. The Bertz CT molecular complexity index is 346. The Balaban J connectivity index is 2.50. The van der Waals surface area contributed by atoms with Crippen LogP contribution in [0, 0.1) is 5.92 Å². The van der Waals surface area contributed by atoms with Gasteiger partial charge in [-0.2, -0.15) is 0 Å². The van der Waals surface area contributed by atoms with Crippen LogP contribution in [0.25, 0.3) is 0 Å². The van der Waals surface area contributed by atoms with Gasteiger partial charge in [-0.15, -0.1) is 0 Å². The lowest BCUT2D eigenvalue weighted by Gasteiger charge is -2.20. The molecule has 1 heterocycles. The average Bonchev–Trinajstić information content (AvgIpc) is 2.77. The highest BCUT2D eigenvalue weighted by Gasteiger charge is 2.31. The van der Waals surface area contributed by atoms with Gasteiger partial charge < -0.3 is 25.8 Å². The summed E-state index contributed by atoms with van der Waals surface area (Å²) in [7, 11) is 1.35. The quantitative estimate of drug-likeness (QED) is 0.560. The summed E-state index contributed by atoms with van der Waals surface area (Å²) in [6.45, 7) is 0.493. The minimum atomic E-state index is -1.17. The second-order valence-electron chi connectivity index (χ2n) is 4.13. The Morgan fingerprint density at radius 2 is 2.22 bits per heavy atom. The fourth-order valence-corrected chi connectivity index (χ4v) is 1.76. The first kappa shape index (κ1) is 14.2. The molecule has 4 N–H and O–H groups in total. The van der Waals surface area contributed by atoms with Crippen molar-refractivity contribution in [3.8, 4) is 0 Å². The van der Waals surface area contributed by atoms with Crippen molar-refractivity contribution in [2.45, 2.75) is 12.5 Å². The Morgan fingerprint density at radius 3 is 2.67 bits per heavy atom. The topological polar surface area (TPSA) is 122 Å². The number of urea groups is 1. The van der Waals surface area contributed by atoms with Gasteiger partial charge in [0.05, 0.1) is 12.5 Å². The number of ether oxygens (including phenoxy) is 1. The third-order valence-corrected chi connectivity index (χ3v) is 2.81. The zero-order valence-corrected chi connectivity index (χ0v) is 10.1. The van der Waals surface area contributed by atoms with Crippen LogP contribution in [0.15, 0.2) is 0 Å². The first-order valence-electron chi connectivity index (χ1n) is 5.52. The van der Waals surface area contributed by atoms with Crippen LogP contribution in [-0.4, -0.2) is 60.8 Å². The van der Waals surface area contributed by atoms with Gasteiger partial charge in [-0.05, 0) is 6.42 Å². The Hall–Kier alpha value is -1.83. The minimum Gasteiger partial charge on any atom is -0.480 e. The molecule has 1 aliphatic rings. The van der Waals surface area contributed by atoms with E-state index in [1.807, 2.05) is 0 Å². The van der Waals surface area contributed by atoms with Crippen molar-refractivity contribution in [1.29, 1.82) is 0 Å². The highest BCUT2D eigenvalue weighted by Crippen LogP contribution is 2.15. The third kappa shape index (κ3) is 3.59. The number of hydrogen-bond donors (Lipinski definition) is 3. The third-order valence-electron chi connectivity index (χ3n) is 2.81. The van der Waals surface area contributed by atoms with Crippen molar-refractivity contribution in [2.75, 3.05) is 26.8 Å². The average molecular weight is 259 g/mol. The van der Waals surface area contributed by atoms with Crippen molar-refractivity contribution >= 4 is 17.9 Å². The molecule has 2 atom stereocenters. The summed E-state index contributed by atoms with van der Waals surface area (Å²) in [5, 5.41) is 11.2. The molecule has 18 heavy (non-hydrogen) atoms. The molecule has 0 aromatic heterocycles. The fourth-order valence-electron chi connectivity index (χ4n) is 1.76. The summed E-state index contributed by atoms with van der Waals surface area (Å²) < 4.78 is 4.70. The maximum Gasteiger partial charge on any atom is 0.328 e. The number of carboxylic acids is 1. The molecule has 1 rings (SSSR count). The lowest BCUT2D eigenvalue weighted by molar-refractivity contribution is -0.140. The van der Waals surface area contributed by atoms with Crippen LogP contribution in [0.4, 0.5) is 4.79 Å². The molecule has 1 saturated heterocycles. The summed E-state index contributed by atoms with van der Waals surface area (Å²) in [5.74, 6) is -1.98. The van der Waals surface area contributed by atoms with Gasteiger partial charge in [-0.25, -0.2) is 9.59 Å². The van der Waals surface area contributed by atoms with Gasteiger partial charge in [0.2, 0.25) is 5.91 Å². The van der Waals surface area contributed by atoms with Gasteiger partial charge in [0, 0.05) is 20.2 Å². The molecule has 2 unspecified atom stereocenters. The first-order valence-corrected chi connectivity index (χ1v) is 5.52. The number of nitrogens with two attached hydrogens (primary N) is 1. The number of likely N-dealkylation sites (tertiary alicyclic amines) is 1. The van der Waals surface area contributed by atoms with Crippen LogP contribution in [0.2, 0.25) is 0 Å². The lowest BCUT2D eigenvalue weighted by atomic mass is 10.1. The van der Waals surface area contributed by atoms with E-state index < -0.39 is 23.9 Å². The smallest absolute Gasteiger partial charge is 0.328 e. The van der Waals surface area contributed by atoms with Crippen LogP contribution in [0.3, 0.4) is 0 Å². The normalized spacial score (nSPS) is 20.5. The lowest BCUT2D eigenvalue weighted by Crippen LogP contribution is -2.49. The number of amides is 3. The Morgan fingerprint density at radius 1 is 1.56 bits per heavy atom. The van der Waals surface area contributed by atoms with Gasteiger partial charge >= 0.3 is 12.0 Å². The predicted octanol–water partition coefficient (Wildman–Crippen LogP) is -1.40. The molecule has 102 valence electrons. The van der Waals surface area contributed by atoms with E-state index in [2.05, 4.69) is 5.32 Å². The predicted molar refractivity (Wildman–Crippen MR) is 60.7 cm³/mol. The molecule has 8 heteroatoms. The van der Waals surface area contributed by atoms with E-state index in [0.717, 1.165) is 0 Å². The van der Waals surface area contributed by atoms with Crippen LogP contribution in [-0.2, 0) is 14.3 Å². The number of nitrogens with zero attached hydrogens (tertiary/aromatic N) is 1. The highest BCUT2D eigenvalue weighted by atomic mass is 16.5. The van der Waals surface area contributed by atoms with Crippen molar-refractivity contribution < 1.29 is 24.2 Å². The van der Waals surface area contributed by atoms with E-state index in [1.165, 1.54) is 12.0 Å². The van der Waals surface area contributed by atoms with Gasteiger partial charge in [0.15, 0.2) is 6.04 Å². The molecular formula is C10H17N3O5. The standard InChI is InChI=1S/C10H17N3O5/c1-18-5-7(9(15)16)12-10(17)13-3-2-6(4-13)8(11)14/h6-7H,2-5H2,1H3,(H2,11,14)(H,12,17)(H,15,16). The number of methoxy groups -OCH3 is 1. The first-order chi connectivity index (χ1) is 8.45. The molecule has 0 spiro atoms. The number of aliphatic carboxylic acids is 1. The number of primary amides is 1. The van der Waals surface area contributed by atoms with E-state index in [1.54, 1.807) is 0 Å². The van der Waals surface area contributed by atoms with Gasteiger partial charge in [0.1, 0.15) is 0 Å². The van der Waals surface area contributed by atoms with E-state index >= 15 is 0 Å². The van der Waals surface area contributed by atoms with Crippen molar-refractivity contribution in [3.05, 3.63) is 0 Å². The van der Waals surface area contributed by atoms with Crippen molar-refractivity contribution in [1.82, 2.24) is 10.2 Å². The van der Waals surface area contributed by atoms with Gasteiger partial charge in [-0.1, -0.05) is 0 Å². The zero-order chi connectivity index (χ0) is 13.7.